The van der Waals surface area contributed by atoms with Crippen molar-refractivity contribution in [1.29, 1.82) is 0 Å². The lowest BCUT2D eigenvalue weighted by molar-refractivity contribution is 1.67. The highest BCUT2D eigenvalue weighted by Gasteiger charge is 1.80. The van der Waals surface area contributed by atoms with E-state index < -0.39 is 0 Å². The molecule has 1 aromatic rings. The summed E-state index contributed by atoms with van der Waals surface area (Å²) in [4.78, 5) is 0. The molecular weight excluding hydrogens is 202 g/mol. The number of anilines is 2. The van der Waals surface area contributed by atoms with E-state index in [4.69, 9.17) is 11.5 Å². The van der Waals surface area contributed by atoms with Crippen molar-refractivity contribution in [2.45, 2.75) is 0 Å². The highest BCUT2D eigenvalue weighted by molar-refractivity contribution is 6.92. The lowest BCUT2D eigenvalue weighted by atomic mass is 10.3. The number of hydrogen-bond acceptors (Lipinski definition) is 2. The molecule has 0 amide bonds. The molecule has 11 heavy (non-hydrogen) atoms. The molecule has 5 heteroatoms. The second-order valence-corrected chi connectivity index (χ2v) is 1.67. The van der Waals surface area contributed by atoms with Gasteiger partial charge in [-0.2, -0.15) is 9.90 Å². The Kier molecular flexibility index (Phi) is 12.3. The quantitative estimate of drug-likeness (QED) is 0.511. The van der Waals surface area contributed by atoms with Gasteiger partial charge in [0.1, 0.15) is 0 Å². The number of halogens is 2. The van der Waals surface area contributed by atoms with Gasteiger partial charge in [-0.15, -0.1) is 24.8 Å². The first-order valence-corrected chi connectivity index (χ1v) is 2.40. The number of benzene rings is 1. The van der Waals surface area contributed by atoms with Crippen LogP contribution in [0.1, 0.15) is 0 Å². The smallest absolute Gasteiger partial charge is 0.0315 e. The molecule has 0 aromatic heterocycles. The third kappa shape index (κ3) is 6.24. The van der Waals surface area contributed by atoms with Crippen LogP contribution in [0.5, 0.6) is 0 Å². The minimum Gasteiger partial charge on any atom is -0.399 e. The third-order valence-electron chi connectivity index (χ3n) is 0.936. The zero-order chi connectivity index (χ0) is 5.98. The molecule has 1 unspecified atom stereocenters. The van der Waals surface area contributed by atoms with E-state index in [0.29, 0.717) is 0 Å². The molecule has 0 fully saturated rings. The molecule has 0 saturated carbocycles. The standard InChI is InChI=1S/C6H8N2.2ClH.H3P/c7-5-1-2-6(8)4-3-5;;;/h1-4H,7-8H2;2*1H;1H3. The number of nitrogens with two attached hydrogens (primary N) is 2. The largest absolute Gasteiger partial charge is 0.399 e. The molecule has 0 heterocycles. The van der Waals surface area contributed by atoms with Gasteiger partial charge in [-0.25, -0.2) is 0 Å². The van der Waals surface area contributed by atoms with Crippen LogP contribution in [0.2, 0.25) is 0 Å². The van der Waals surface area contributed by atoms with Gasteiger partial charge in [0.15, 0.2) is 0 Å². The second-order valence-electron chi connectivity index (χ2n) is 1.67. The maximum atomic E-state index is 5.37. The fraction of sp³-hybridized carbons (Fsp3) is 0. The van der Waals surface area contributed by atoms with Crippen LogP contribution in [0.4, 0.5) is 11.4 Å². The van der Waals surface area contributed by atoms with Crippen molar-refractivity contribution in [1.82, 2.24) is 0 Å². The lowest BCUT2D eigenvalue weighted by Gasteiger charge is -1.90. The normalized spacial score (nSPS) is 6.55. The molecule has 0 saturated heterocycles. The molecule has 1 rings (SSSR count). The van der Waals surface area contributed by atoms with E-state index in [1.165, 1.54) is 0 Å². The molecule has 0 aliphatic heterocycles. The third-order valence-corrected chi connectivity index (χ3v) is 0.936. The van der Waals surface area contributed by atoms with Gasteiger partial charge >= 0.3 is 0 Å². The van der Waals surface area contributed by atoms with Crippen LogP contribution in [0.15, 0.2) is 24.3 Å². The van der Waals surface area contributed by atoms with Gasteiger partial charge in [0.2, 0.25) is 0 Å². The maximum Gasteiger partial charge on any atom is 0.0315 e. The Balaban J connectivity index is -0.000000213. The van der Waals surface area contributed by atoms with Gasteiger partial charge in [0, 0.05) is 11.4 Å². The summed E-state index contributed by atoms with van der Waals surface area (Å²) in [6.45, 7) is 0. The minimum absolute atomic E-state index is 0. The summed E-state index contributed by atoms with van der Waals surface area (Å²) < 4.78 is 0. The maximum absolute atomic E-state index is 5.37. The molecule has 1 atom stereocenters. The van der Waals surface area contributed by atoms with Gasteiger partial charge in [-0.1, -0.05) is 0 Å². The van der Waals surface area contributed by atoms with Crippen molar-refractivity contribution < 1.29 is 0 Å². The van der Waals surface area contributed by atoms with E-state index in [1.807, 2.05) is 0 Å². The molecule has 0 bridgehead atoms. The van der Waals surface area contributed by atoms with Crippen molar-refractivity contribution >= 4 is 46.1 Å². The van der Waals surface area contributed by atoms with Crippen LogP contribution in [-0.4, -0.2) is 0 Å². The van der Waals surface area contributed by atoms with Gasteiger partial charge in [0.05, 0.1) is 0 Å². The molecule has 1 aromatic carbocycles. The summed E-state index contributed by atoms with van der Waals surface area (Å²) in [7, 11) is 0. The second kappa shape index (κ2) is 7.93. The Morgan fingerprint density at radius 2 is 0.909 bits per heavy atom. The average Bonchev–Trinajstić information content (AvgIpc) is 1.77. The zero-order valence-electron chi connectivity index (χ0n) is 5.99. The van der Waals surface area contributed by atoms with Gasteiger partial charge in [-0.3, -0.25) is 0 Å². The Hall–Kier alpha value is -0.170. The Bertz CT molecular complexity index is 157. The first kappa shape index (κ1) is 17.1. The van der Waals surface area contributed by atoms with Crippen LogP contribution in [-0.2, 0) is 0 Å². The van der Waals surface area contributed by atoms with E-state index in [1.54, 1.807) is 24.3 Å². The Morgan fingerprint density at radius 1 is 0.727 bits per heavy atom. The Morgan fingerprint density at radius 3 is 1.09 bits per heavy atom. The van der Waals surface area contributed by atoms with Crippen LogP contribution in [0.25, 0.3) is 0 Å². The van der Waals surface area contributed by atoms with Crippen LogP contribution in [0, 0.1) is 0 Å². The summed E-state index contributed by atoms with van der Waals surface area (Å²) in [5, 5.41) is 0. The first-order valence-electron chi connectivity index (χ1n) is 2.40. The van der Waals surface area contributed by atoms with Crippen molar-refractivity contribution in [3.05, 3.63) is 24.3 Å². The number of hydrogen-bond donors (Lipinski definition) is 2. The molecule has 0 radical (unpaired) electrons. The van der Waals surface area contributed by atoms with E-state index >= 15 is 0 Å². The molecule has 4 N–H and O–H groups in total. The summed E-state index contributed by atoms with van der Waals surface area (Å²) in [6.07, 6.45) is 0. The van der Waals surface area contributed by atoms with Crippen LogP contribution >= 0.6 is 34.7 Å². The topological polar surface area (TPSA) is 52.0 Å². The summed E-state index contributed by atoms with van der Waals surface area (Å²) in [5.74, 6) is 0. The van der Waals surface area contributed by atoms with Crippen molar-refractivity contribution in [3.8, 4) is 0 Å². The molecular formula is C6H13Cl2N2P. The molecule has 2 nitrogen and oxygen atoms in total. The van der Waals surface area contributed by atoms with Crippen molar-refractivity contribution in [2.24, 2.45) is 0 Å². The van der Waals surface area contributed by atoms with Crippen LogP contribution < -0.4 is 11.5 Å². The van der Waals surface area contributed by atoms with E-state index in [-0.39, 0.29) is 34.7 Å². The van der Waals surface area contributed by atoms with Crippen molar-refractivity contribution in [3.63, 3.8) is 0 Å². The van der Waals surface area contributed by atoms with E-state index in [0.717, 1.165) is 11.4 Å². The zero-order valence-corrected chi connectivity index (χ0v) is 9.03. The van der Waals surface area contributed by atoms with Gasteiger partial charge in [0.25, 0.3) is 0 Å². The average molecular weight is 215 g/mol. The molecule has 0 spiro atoms. The monoisotopic (exact) mass is 214 g/mol. The highest BCUT2D eigenvalue weighted by Crippen LogP contribution is 2.04. The van der Waals surface area contributed by atoms with Gasteiger partial charge < -0.3 is 11.5 Å². The van der Waals surface area contributed by atoms with Crippen LogP contribution in [0.3, 0.4) is 0 Å². The number of nitrogen functional groups attached to an aromatic ring is 2. The van der Waals surface area contributed by atoms with E-state index in [2.05, 4.69) is 0 Å². The SMILES string of the molecule is Cl.Cl.Nc1ccc(N)cc1.P. The fourth-order valence-electron chi connectivity index (χ4n) is 0.496. The molecule has 0 aliphatic rings. The highest BCUT2D eigenvalue weighted by atomic mass is 35.5. The molecule has 0 aliphatic carbocycles. The summed E-state index contributed by atoms with van der Waals surface area (Å²) in [5.41, 5.74) is 12.2. The molecule has 66 valence electrons. The summed E-state index contributed by atoms with van der Waals surface area (Å²) in [6, 6.07) is 7.09. The first-order chi connectivity index (χ1) is 3.79. The predicted molar refractivity (Wildman–Crippen MR) is 60.9 cm³/mol. The van der Waals surface area contributed by atoms with Crippen molar-refractivity contribution in [2.75, 3.05) is 11.5 Å². The predicted octanol–water partition coefficient (Wildman–Crippen LogP) is 1.75. The van der Waals surface area contributed by atoms with Gasteiger partial charge in [-0.05, 0) is 24.3 Å². The number of rotatable bonds is 0. The lowest BCUT2D eigenvalue weighted by Crippen LogP contribution is -1.86. The Labute approximate surface area is 82.2 Å². The summed E-state index contributed by atoms with van der Waals surface area (Å²) >= 11 is 0. The van der Waals surface area contributed by atoms with E-state index in [9.17, 15) is 0 Å². The minimum atomic E-state index is 0. The fourth-order valence-corrected chi connectivity index (χ4v) is 0.496.